The van der Waals surface area contributed by atoms with Crippen molar-refractivity contribution in [1.82, 2.24) is 45.0 Å². The van der Waals surface area contributed by atoms with Gasteiger partial charge >= 0.3 is 0 Å². The fourth-order valence-corrected chi connectivity index (χ4v) is 4.92. The Kier molecular flexibility index (Phi) is 4.99. The molecular formula is C27H23N9. The van der Waals surface area contributed by atoms with Gasteiger partial charge in [-0.1, -0.05) is 6.07 Å². The van der Waals surface area contributed by atoms with E-state index in [1.165, 1.54) is 18.4 Å². The van der Waals surface area contributed by atoms with Crippen LogP contribution in [0.1, 0.15) is 18.4 Å². The molecule has 2 N–H and O–H groups in total. The van der Waals surface area contributed by atoms with Crippen molar-refractivity contribution in [2.24, 2.45) is 0 Å². The van der Waals surface area contributed by atoms with E-state index in [1.807, 2.05) is 42.9 Å². The standard InChI is InChI=1S/C27H23N9/c1-2-7-29-22(5-1)20-6-8-30-26-23(20)32-27(33-26)24-21-12-19(15-31-25(21)35-34-24)18-11-17(13-28-14-18)16-36-9-3-4-10-36/h1-2,5-8,11-15H,3-4,9-10,16H2,(H,30,32,33)(H,31,34,35). The summed E-state index contributed by atoms with van der Waals surface area (Å²) in [4.78, 5) is 28.8. The molecule has 0 amide bonds. The Labute approximate surface area is 206 Å². The largest absolute Gasteiger partial charge is 0.321 e. The van der Waals surface area contributed by atoms with Gasteiger partial charge in [0.15, 0.2) is 17.1 Å². The van der Waals surface area contributed by atoms with Crippen LogP contribution in [0, 0.1) is 0 Å². The number of likely N-dealkylation sites (tertiary alicyclic amines) is 1. The van der Waals surface area contributed by atoms with Gasteiger partial charge in [0.25, 0.3) is 0 Å². The maximum atomic E-state index is 4.87. The molecule has 0 atom stereocenters. The van der Waals surface area contributed by atoms with Gasteiger partial charge < -0.3 is 4.98 Å². The van der Waals surface area contributed by atoms with Crippen molar-refractivity contribution in [3.8, 4) is 33.9 Å². The summed E-state index contributed by atoms with van der Waals surface area (Å²) in [5, 5.41) is 8.46. The first-order valence-corrected chi connectivity index (χ1v) is 12.1. The Balaban J connectivity index is 1.28. The third-order valence-electron chi connectivity index (χ3n) is 6.70. The van der Waals surface area contributed by atoms with Crippen molar-refractivity contribution in [3.63, 3.8) is 0 Å². The molecule has 176 valence electrons. The van der Waals surface area contributed by atoms with Crippen LogP contribution in [-0.4, -0.2) is 58.1 Å². The number of aromatic nitrogens is 8. The van der Waals surface area contributed by atoms with Crippen LogP contribution >= 0.6 is 0 Å². The maximum absolute atomic E-state index is 4.87. The van der Waals surface area contributed by atoms with Crippen LogP contribution in [0.2, 0.25) is 0 Å². The SMILES string of the molecule is c1ccc(-c2ccnc3[nH]c(-c4n[nH]c5ncc(-c6cncc(CN7CCCC7)c6)cc45)nc23)nc1. The van der Waals surface area contributed by atoms with Crippen molar-refractivity contribution >= 4 is 22.2 Å². The van der Waals surface area contributed by atoms with Crippen LogP contribution in [0.3, 0.4) is 0 Å². The van der Waals surface area contributed by atoms with Crippen LogP contribution in [0.25, 0.3) is 56.1 Å². The fraction of sp³-hybridized carbons (Fsp3) is 0.185. The van der Waals surface area contributed by atoms with Crippen LogP contribution in [-0.2, 0) is 6.54 Å². The average Bonchev–Trinajstić information content (AvgIpc) is 3.68. The first-order valence-electron chi connectivity index (χ1n) is 12.1. The molecule has 7 rings (SSSR count). The Hall–Kier alpha value is -4.50. The molecule has 9 nitrogen and oxygen atoms in total. The van der Waals surface area contributed by atoms with Gasteiger partial charge in [-0.05, 0) is 61.8 Å². The number of rotatable bonds is 5. The lowest BCUT2D eigenvalue weighted by Gasteiger charge is -2.14. The summed E-state index contributed by atoms with van der Waals surface area (Å²) < 4.78 is 0. The quantitative estimate of drug-likeness (QED) is 0.376. The van der Waals surface area contributed by atoms with Crippen molar-refractivity contribution in [3.05, 3.63) is 72.9 Å². The second-order valence-corrected chi connectivity index (χ2v) is 9.11. The van der Waals surface area contributed by atoms with E-state index in [4.69, 9.17) is 4.98 Å². The summed E-state index contributed by atoms with van der Waals surface area (Å²) in [5.74, 6) is 0.631. The van der Waals surface area contributed by atoms with Crippen molar-refractivity contribution in [2.75, 3.05) is 13.1 Å². The van der Waals surface area contributed by atoms with Crippen LogP contribution in [0.4, 0.5) is 0 Å². The number of nitrogens with one attached hydrogen (secondary N) is 2. The van der Waals surface area contributed by atoms with E-state index in [0.717, 1.165) is 52.9 Å². The summed E-state index contributed by atoms with van der Waals surface area (Å²) in [6.45, 7) is 3.24. The number of pyridine rings is 4. The highest BCUT2D eigenvalue weighted by Crippen LogP contribution is 2.31. The van der Waals surface area contributed by atoms with Crippen LogP contribution < -0.4 is 0 Å². The molecule has 1 aliphatic heterocycles. The van der Waals surface area contributed by atoms with E-state index < -0.39 is 0 Å². The third-order valence-corrected chi connectivity index (χ3v) is 6.70. The Morgan fingerprint density at radius 1 is 0.861 bits per heavy atom. The Morgan fingerprint density at radius 3 is 2.67 bits per heavy atom. The van der Waals surface area contributed by atoms with Crippen molar-refractivity contribution in [1.29, 1.82) is 0 Å². The minimum absolute atomic E-state index is 0.631. The number of aromatic amines is 2. The topological polar surface area (TPSA) is 112 Å². The lowest BCUT2D eigenvalue weighted by molar-refractivity contribution is 0.331. The van der Waals surface area contributed by atoms with Crippen molar-refractivity contribution in [2.45, 2.75) is 19.4 Å². The van der Waals surface area contributed by atoms with Gasteiger partial charge in [-0.15, -0.1) is 0 Å². The second kappa shape index (κ2) is 8.62. The molecule has 1 fully saturated rings. The zero-order valence-corrected chi connectivity index (χ0v) is 19.5. The Morgan fingerprint density at radius 2 is 1.78 bits per heavy atom. The molecule has 0 aliphatic carbocycles. The molecule has 1 aliphatic rings. The Bertz CT molecular complexity index is 1680. The lowest BCUT2D eigenvalue weighted by Crippen LogP contribution is -2.18. The van der Waals surface area contributed by atoms with Crippen molar-refractivity contribution < 1.29 is 0 Å². The molecule has 0 bridgehead atoms. The number of fused-ring (bicyclic) bond motifs is 2. The van der Waals surface area contributed by atoms with Gasteiger partial charge in [0, 0.05) is 54.2 Å². The normalized spacial score (nSPS) is 14.2. The zero-order valence-electron chi connectivity index (χ0n) is 19.5. The maximum Gasteiger partial charge on any atom is 0.161 e. The first-order chi connectivity index (χ1) is 17.8. The molecule has 0 saturated carbocycles. The molecule has 0 unspecified atom stereocenters. The molecule has 9 heteroatoms. The van der Waals surface area contributed by atoms with Crippen LogP contribution in [0.15, 0.2) is 67.4 Å². The second-order valence-electron chi connectivity index (χ2n) is 9.11. The summed E-state index contributed by atoms with van der Waals surface area (Å²) in [7, 11) is 0. The molecule has 36 heavy (non-hydrogen) atoms. The number of imidazole rings is 1. The molecule has 0 aromatic carbocycles. The molecule has 0 spiro atoms. The highest BCUT2D eigenvalue weighted by atomic mass is 15.2. The monoisotopic (exact) mass is 473 g/mol. The predicted octanol–water partition coefficient (Wildman–Crippen LogP) is 4.62. The van der Waals surface area contributed by atoms with E-state index in [0.29, 0.717) is 22.8 Å². The van der Waals surface area contributed by atoms with Gasteiger partial charge in [0.1, 0.15) is 11.2 Å². The minimum Gasteiger partial charge on any atom is -0.321 e. The minimum atomic E-state index is 0.631. The predicted molar refractivity (Wildman–Crippen MR) is 138 cm³/mol. The van der Waals surface area contributed by atoms with Gasteiger partial charge in [-0.25, -0.2) is 15.0 Å². The smallest absolute Gasteiger partial charge is 0.161 e. The molecule has 1 saturated heterocycles. The van der Waals surface area contributed by atoms with E-state index in [-0.39, 0.29) is 0 Å². The van der Waals surface area contributed by atoms with E-state index >= 15 is 0 Å². The van der Waals surface area contributed by atoms with Crippen LogP contribution in [0.5, 0.6) is 0 Å². The lowest BCUT2D eigenvalue weighted by atomic mass is 10.1. The summed E-state index contributed by atoms with van der Waals surface area (Å²) in [6, 6.07) is 12.1. The summed E-state index contributed by atoms with van der Waals surface area (Å²) >= 11 is 0. The number of hydrogen-bond acceptors (Lipinski definition) is 7. The summed E-state index contributed by atoms with van der Waals surface area (Å²) in [6.07, 6.45) is 11.8. The molecule has 7 heterocycles. The average molecular weight is 474 g/mol. The summed E-state index contributed by atoms with van der Waals surface area (Å²) in [5.41, 5.74) is 7.85. The van der Waals surface area contributed by atoms with Gasteiger partial charge in [0.05, 0.1) is 11.1 Å². The zero-order chi connectivity index (χ0) is 23.9. The van der Waals surface area contributed by atoms with Gasteiger partial charge in [-0.3, -0.25) is 20.0 Å². The first kappa shape index (κ1) is 20.8. The van der Waals surface area contributed by atoms with Gasteiger partial charge in [-0.2, -0.15) is 5.10 Å². The van der Waals surface area contributed by atoms with E-state index in [9.17, 15) is 0 Å². The fourth-order valence-electron chi connectivity index (χ4n) is 4.92. The molecular weight excluding hydrogens is 450 g/mol. The van der Waals surface area contributed by atoms with E-state index in [1.54, 1.807) is 12.4 Å². The molecule has 6 aromatic heterocycles. The number of H-pyrrole nitrogens is 2. The number of hydrogen-bond donors (Lipinski definition) is 2. The van der Waals surface area contributed by atoms with Gasteiger partial charge in [0.2, 0.25) is 0 Å². The van der Waals surface area contributed by atoms with E-state index in [2.05, 4.69) is 52.1 Å². The molecule has 0 radical (unpaired) electrons. The number of nitrogens with zero attached hydrogens (tertiary/aromatic N) is 7. The highest BCUT2D eigenvalue weighted by Gasteiger charge is 2.18. The molecule has 6 aromatic rings. The third kappa shape index (κ3) is 3.70. The highest BCUT2D eigenvalue weighted by molar-refractivity contribution is 5.95.